The zero-order valence-corrected chi connectivity index (χ0v) is 10.7. The van der Waals surface area contributed by atoms with Crippen LogP contribution in [-0.4, -0.2) is 28.9 Å². The van der Waals surface area contributed by atoms with Crippen LogP contribution in [0.2, 0.25) is 0 Å². The summed E-state index contributed by atoms with van der Waals surface area (Å²) in [5.41, 5.74) is 1.42. The van der Waals surface area contributed by atoms with Crippen molar-refractivity contribution in [2.45, 2.75) is 20.4 Å². The Labute approximate surface area is 106 Å². The monoisotopic (exact) mass is 245 g/mol. The quantitative estimate of drug-likeness (QED) is 0.738. The Morgan fingerprint density at radius 3 is 2.11 bits per heavy atom. The van der Waals surface area contributed by atoms with E-state index in [-0.39, 0.29) is 11.8 Å². The lowest BCUT2D eigenvalue weighted by atomic mass is 10.1. The third kappa shape index (κ3) is 3.32. The molecule has 0 N–H and O–H groups in total. The molecule has 0 atom stereocenters. The highest BCUT2D eigenvalue weighted by atomic mass is 16.2. The predicted molar refractivity (Wildman–Crippen MR) is 65.8 cm³/mol. The number of nitriles is 1. The fourth-order valence-corrected chi connectivity index (χ4v) is 1.46. The Hall–Kier alpha value is -2.35. The van der Waals surface area contributed by atoms with Gasteiger partial charge in [-0.15, -0.1) is 0 Å². The van der Waals surface area contributed by atoms with Crippen LogP contribution in [0.25, 0.3) is 0 Å². The summed E-state index contributed by atoms with van der Waals surface area (Å²) in [6.45, 7) is 3.11. The van der Waals surface area contributed by atoms with Crippen molar-refractivity contribution in [2.75, 3.05) is 7.05 Å². The topological polar surface area (TPSA) is 64.4 Å². The van der Waals surface area contributed by atoms with E-state index in [9.17, 15) is 9.59 Å². The molecule has 1 aromatic rings. The minimum absolute atomic E-state index is 0.209. The lowest BCUT2D eigenvalue weighted by molar-refractivity contribution is -0.159. The molecule has 0 radical (unpaired) electrons. The fraction of sp³-hybridized carbons (Fsp3) is 0.308. The molecular formula is C13H15N3O2. The van der Waals surface area contributed by atoms with Gasteiger partial charge in [0, 0.05) is 20.9 Å². The maximum absolute atomic E-state index is 11.5. The highest BCUT2D eigenvalue weighted by Crippen LogP contribution is 2.09. The number of rotatable bonds is 2. The van der Waals surface area contributed by atoms with E-state index in [1.54, 1.807) is 31.3 Å². The van der Waals surface area contributed by atoms with E-state index >= 15 is 0 Å². The van der Waals surface area contributed by atoms with Gasteiger partial charge in [0.05, 0.1) is 18.2 Å². The molecule has 1 rings (SSSR count). The zero-order chi connectivity index (χ0) is 13.7. The van der Waals surface area contributed by atoms with Gasteiger partial charge in [0.25, 0.3) is 0 Å². The lowest BCUT2D eigenvalue weighted by Crippen LogP contribution is -2.44. The van der Waals surface area contributed by atoms with Gasteiger partial charge in [-0.05, 0) is 17.7 Å². The van der Waals surface area contributed by atoms with E-state index < -0.39 is 0 Å². The second-order valence-corrected chi connectivity index (χ2v) is 3.93. The minimum atomic E-state index is -0.211. The summed E-state index contributed by atoms with van der Waals surface area (Å²) in [5.74, 6) is -0.420. The van der Waals surface area contributed by atoms with E-state index in [0.29, 0.717) is 12.1 Å². The van der Waals surface area contributed by atoms with Crippen LogP contribution in [0.15, 0.2) is 24.3 Å². The Kier molecular flexibility index (Phi) is 4.44. The molecule has 0 bridgehead atoms. The Balaban J connectivity index is 2.87. The van der Waals surface area contributed by atoms with Crippen LogP contribution in [0.3, 0.4) is 0 Å². The SMILES string of the molecule is CC(=O)N(C)N(Cc1ccc(C#N)cc1)C(C)=O. The van der Waals surface area contributed by atoms with Crippen LogP contribution in [0.4, 0.5) is 0 Å². The molecule has 94 valence electrons. The smallest absolute Gasteiger partial charge is 0.238 e. The lowest BCUT2D eigenvalue weighted by Gasteiger charge is -2.30. The molecule has 0 saturated heterocycles. The van der Waals surface area contributed by atoms with Gasteiger partial charge in [0.15, 0.2) is 0 Å². The molecule has 0 aromatic heterocycles. The normalized spacial score (nSPS) is 9.44. The maximum atomic E-state index is 11.5. The maximum Gasteiger partial charge on any atom is 0.238 e. The van der Waals surface area contributed by atoms with Crippen LogP contribution >= 0.6 is 0 Å². The number of benzene rings is 1. The number of carbonyl (C=O) groups excluding carboxylic acids is 2. The first-order chi connectivity index (χ1) is 8.45. The van der Waals surface area contributed by atoms with Gasteiger partial charge in [0.2, 0.25) is 11.8 Å². The highest BCUT2D eigenvalue weighted by Gasteiger charge is 2.17. The molecular weight excluding hydrogens is 230 g/mol. The minimum Gasteiger partial charge on any atom is -0.273 e. The van der Waals surface area contributed by atoms with E-state index in [2.05, 4.69) is 0 Å². The standard InChI is InChI=1S/C13H15N3O2/c1-10(17)15(3)16(11(2)18)9-13-6-4-12(8-14)5-7-13/h4-7H,9H2,1-3H3. The number of hydrazine groups is 1. The van der Waals surface area contributed by atoms with Gasteiger partial charge in [-0.2, -0.15) is 5.26 Å². The molecule has 5 nitrogen and oxygen atoms in total. The van der Waals surface area contributed by atoms with E-state index in [0.717, 1.165) is 5.56 Å². The molecule has 0 spiro atoms. The zero-order valence-electron chi connectivity index (χ0n) is 10.7. The van der Waals surface area contributed by atoms with Crippen LogP contribution in [0.5, 0.6) is 0 Å². The highest BCUT2D eigenvalue weighted by molar-refractivity contribution is 5.79. The van der Waals surface area contributed by atoms with Crippen LogP contribution < -0.4 is 0 Å². The summed E-state index contributed by atoms with van der Waals surface area (Å²) >= 11 is 0. The van der Waals surface area contributed by atoms with E-state index in [1.165, 1.54) is 23.9 Å². The molecule has 5 heteroatoms. The predicted octanol–water partition coefficient (Wildman–Crippen LogP) is 1.30. The van der Waals surface area contributed by atoms with Gasteiger partial charge in [-0.3, -0.25) is 14.6 Å². The Bertz CT molecular complexity index is 488. The molecule has 2 amide bonds. The van der Waals surface area contributed by atoms with E-state index in [1.807, 2.05) is 6.07 Å². The molecule has 0 aliphatic carbocycles. The Morgan fingerprint density at radius 2 is 1.72 bits per heavy atom. The van der Waals surface area contributed by atoms with Crippen molar-refractivity contribution in [3.63, 3.8) is 0 Å². The molecule has 1 aromatic carbocycles. The van der Waals surface area contributed by atoms with Crippen LogP contribution in [0, 0.1) is 11.3 Å². The molecule has 0 aliphatic rings. The molecule has 0 fully saturated rings. The summed E-state index contributed by atoms with van der Waals surface area (Å²) in [5, 5.41) is 11.3. The van der Waals surface area contributed by atoms with Gasteiger partial charge in [-0.1, -0.05) is 12.1 Å². The summed E-state index contributed by atoms with van der Waals surface area (Å²) in [7, 11) is 1.55. The van der Waals surface area contributed by atoms with Crippen molar-refractivity contribution < 1.29 is 9.59 Å². The average molecular weight is 245 g/mol. The van der Waals surface area contributed by atoms with Crippen LogP contribution in [0.1, 0.15) is 25.0 Å². The molecule has 0 heterocycles. The van der Waals surface area contributed by atoms with E-state index in [4.69, 9.17) is 5.26 Å². The second kappa shape index (κ2) is 5.82. The first-order valence-corrected chi connectivity index (χ1v) is 5.47. The van der Waals surface area contributed by atoms with Gasteiger partial charge >= 0.3 is 0 Å². The summed E-state index contributed by atoms with van der Waals surface area (Å²) < 4.78 is 0. The average Bonchev–Trinajstić information content (AvgIpc) is 2.35. The van der Waals surface area contributed by atoms with Crippen molar-refractivity contribution in [1.82, 2.24) is 10.0 Å². The molecule has 18 heavy (non-hydrogen) atoms. The van der Waals surface area contributed by atoms with Gasteiger partial charge in [-0.25, -0.2) is 5.01 Å². The van der Waals surface area contributed by atoms with Gasteiger partial charge in [0.1, 0.15) is 0 Å². The largest absolute Gasteiger partial charge is 0.273 e. The number of hydrogen-bond acceptors (Lipinski definition) is 3. The molecule has 0 unspecified atom stereocenters. The van der Waals surface area contributed by atoms with Crippen LogP contribution in [-0.2, 0) is 16.1 Å². The first kappa shape index (κ1) is 13.7. The third-order valence-corrected chi connectivity index (χ3v) is 2.60. The van der Waals surface area contributed by atoms with Crippen molar-refractivity contribution >= 4 is 11.8 Å². The fourth-order valence-electron chi connectivity index (χ4n) is 1.46. The summed E-state index contributed by atoms with van der Waals surface area (Å²) in [6, 6.07) is 8.92. The van der Waals surface area contributed by atoms with Crippen molar-refractivity contribution in [3.05, 3.63) is 35.4 Å². The second-order valence-electron chi connectivity index (χ2n) is 3.93. The van der Waals surface area contributed by atoms with Crippen molar-refractivity contribution in [3.8, 4) is 6.07 Å². The number of carbonyl (C=O) groups is 2. The summed E-state index contributed by atoms with van der Waals surface area (Å²) in [4.78, 5) is 22.8. The molecule has 0 saturated carbocycles. The number of amides is 2. The van der Waals surface area contributed by atoms with Crippen molar-refractivity contribution in [2.24, 2.45) is 0 Å². The first-order valence-electron chi connectivity index (χ1n) is 5.47. The molecule has 0 aliphatic heterocycles. The number of nitrogens with zero attached hydrogens (tertiary/aromatic N) is 3. The Morgan fingerprint density at radius 1 is 1.17 bits per heavy atom. The van der Waals surface area contributed by atoms with Gasteiger partial charge < -0.3 is 0 Å². The van der Waals surface area contributed by atoms with Crippen molar-refractivity contribution in [1.29, 1.82) is 5.26 Å². The third-order valence-electron chi connectivity index (χ3n) is 2.60. The number of hydrogen-bond donors (Lipinski definition) is 0. The summed E-state index contributed by atoms with van der Waals surface area (Å²) in [6.07, 6.45) is 0.